The Labute approximate surface area is 128 Å². The third kappa shape index (κ3) is 3.01. The first-order valence-corrected chi connectivity index (χ1v) is 6.53. The first-order chi connectivity index (χ1) is 10.8. The quantitative estimate of drug-likeness (QED) is 0.727. The van der Waals surface area contributed by atoms with E-state index in [4.69, 9.17) is 4.52 Å². The van der Waals surface area contributed by atoms with Crippen molar-refractivity contribution in [1.29, 1.82) is 0 Å². The molecule has 0 spiro atoms. The number of pyridine rings is 1. The summed E-state index contributed by atoms with van der Waals surface area (Å²) in [4.78, 5) is 15.5. The maximum atomic E-state index is 12.5. The largest absolute Gasteiger partial charge is 0.416 e. The lowest BCUT2D eigenvalue weighted by Gasteiger charge is -2.05. The molecule has 1 aromatic carbocycles. The smallest absolute Gasteiger partial charge is 0.334 e. The standard InChI is InChI=1S/C15H10F3N3O2/c1-21-8-10(4-7-12(21)22)13-19-14(23-20-13)9-2-5-11(6-3-9)15(16,17)18/h2-8H,1H3. The van der Waals surface area contributed by atoms with E-state index in [0.29, 0.717) is 11.1 Å². The topological polar surface area (TPSA) is 60.9 Å². The van der Waals surface area contributed by atoms with Gasteiger partial charge in [-0.25, -0.2) is 0 Å². The Balaban J connectivity index is 1.92. The highest BCUT2D eigenvalue weighted by atomic mass is 19.4. The molecule has 0 aliphatic rings. The highest BCUT2D eigenvalue weighted by molar-refractivity contribution is 5.59. The third-order valence-corrected chi connectivity index (χ3v) is 3.23. The molecule has 23 heavy (non-hydrogen) atoms. The number of hydrogen-bond acceptors (Lipinski definition) is 4. The predicted molar refractivity (Wildman–Crippen MR) is 75.4 cm³/mol. The van der Waals surface area contributed by atoms with Crippen molar-refractivity contribution in [2.75, 3.05) is 0 Å². The van der Waals surface area contributed by atoms with Gasteiger partial charge in [0.25, 0.3) is 5.89 Å². The fourth-order valence-corrected chi connectivity index (χ4v) is 1.99. The Morgan fingerprint density at radius 2 is 1.70 bits per heavy atom. The fraction of sp³-hybridized carbons (Fsp3) is 0.133. The zero-order valence-electron chi connectivity index (χ0n) is 11.8. The SMILES string of the molecule is Cn1cc(-c2noc(-c3ccc(C(F)(F)F)cc3)n2)ccc1=O. The summed E-state index contributed by atoms with van der Waals surface area (Å²) in [6.45, 7) is 0. The summed E-state index contributed by atoms with van der Waals surface area (Å²) in [5.41, 5.74) is 0.00911. The molecule has 0 bridgehead atoms. The van der Waals surface area contributed by atoms with E-state index >= 15 is 0 Å². The molecule has 118 valence electrons. The van der Waals surface area contributed by atoms with E-state index in [1.807, 2.05) is 0 Å². The Morgan fingerprint density at radius 1 is 1.04 bits per heavy atom. The van der Waals surface area contributed by atoms with E-state index in [2.05, 4.69) is 10.1 Å². The van der Waals surface area contributed by atoms with Crippen LogP contribution in [0.15, 0.2) is 51.9 Å². The summed E-state index contributed by atoms with van der Waals surface area (Å²) in [5, 5.41) is 3.78. The number of nitrogens with zero attached hydrogens (tertiary/aromatic N) is 3. The zero-order valence-corrected chi connectivity index (χ0v) is 11.8. The lowest BCUT2D eigenvalue weighted by molar-refractivity contribution is -0.137. The molecular formula is C15H10F3N3O2. The number of rotatable bonds is 2. The summed E-state index contributed by atoms with van der Waals surface area (Å²) in [7, 11) is 1.59. The van der Waals surface area contributed by atoms with Crippen LogP contribution in [0.1, 0.15) is 5.56 Å². The van der Waals surface area contributed by atoms with Crippen LogP contribution in [0.5, 0.6) is 0 Å². The van der Waals surface area contributed by atoms with Crippen molar-refractivity contribution in [3.8, 4) is 22.8 Å². The highest BCUT2D eigenvalue weighted by Crippen LogP contribution is 2.31. The van der Waals surface area contributed by atoms with Crippen molar-refractivity contribution in [3.05, 3.63) is 58.5 Å². The second-order valence-electron chi connectivity index (χ2n) is 4.87. The van der Waals surface area contributed by atoms with Crippen molar-refractivity contribution >= 4 is 0 Å². The maximum Gasteiger partial charge on any atom is 0.416 e. The summed E-state index contributed by atoms with van der Waals surface area (Å²) < 4.78 is 44.1. The molecule has 0 unspecified atom stereocenters. The first kappa shape index (κ1) is 15.0. The monoisotopic (exact) mass is 321 g/mol. The van der Waals surface area contributed by atoms with E-state index in [1.165, 1.54) is 22.8 Å². The lowest BCUT2D eigenvalue weighted by atomic mass is 10.1. The van der Waals surface area contributed by atoms with Crippen molar-refractivity contribution in [3.63, 3.8) is 0 Å². The average Bonchev–Trinajstić information content (AvgIpc) is 2.99. The summed E-state index contributed by atoms with van der Waals surface area (Å²) in [6, 6.07) is 7.34. The van der Waals surface area contributed by atoms with Crippen molar-refractivity contribution in [2.45, 2.75) is 6.18 Å². The van der Waals surface area contributed by atoms with Crippen LogP contribution < -0.4 is 5.56 Å². The van der Waals surface area contributed by atoms with Gasteiger partial charge < -0.3 is 9.09 Å². The van der Waals surface area contributed by atoms with Crippen LogP contribution in [-0.4, -0.2) is 14.7 Å². The molecule has 2 heterocycles. The Kier molecular flexibility index (Phi) is 3.51. The van der Waals surface area contributed by atoms with E-state index in [1.54, 1.807) is 19.3 Å². The second kappa shape index (κ2) is 5.38. The van der Waals surface area contributed by atoms with Crippen LogP contribution in [0.2, 0.25) is 0 Å². The normalized spacial score (nSPS) is 11.7. The molecular weight excluding hydrogens is 311 g/mol. The van der Waals surface area contributed by atoms with Gasteiger partial charge in [0.2, 0.25) is 11.4 Å². The van der Waals surface area contributed by atoms with E-state index < -0.39 is 11.7 Å². The zero-order chi connectivity index (χ0) is 16.6. The van der Waals surface area contributed by atoms with Gasteiger partial charge in [0.1, 0.15) is 0 Å². The van der Waals surface area contributed by atoms with E-state index in [-0.39, 0.29) is 17.3 Å². The average molecular weight is 321 g/mol. The number of aromatic nitrogens is 3. The van der Waals surface area contributed by atoms with Gasteiger partial charge >= 0.3 is 6.18 Å². The highest BCUT2D eigenvalue weighted by Gasteiger charge is 2.30. The molecule has 0 aliphatic heterocycles. The summed E-state index contributed by atoms with van der Waals surface area (Å²) >= 11 is 0. The van der Waals surface area contributed by atoms with Gasteiger partial charge in [0.15, 0.2) is 0 Å². The Hall–Kier alpha value is -2.90. The predicted octanol–water partition coefficient (Wildman–Crippen LogP) is 3.12. The minimum absolute atomic E-state index is 0.0996. The van der Waals surface area contributed by atoms with Crippen LogP contribution in [0.3, 0.4) is 0 Å². The first-order valence-electron chi connectivity index (χ1n) is 6.53. The third-order valence-electron chi connectivity index (χ3n) is 3.23. The molecule has 3 aromatic rings. The van der Waals surface area contributed by atoms with Crippen molar-refractivity contribution in [2.24, 2.45) is 7.05 Å². The molecule has 0 radical (unpaired) electrons. The van der Waals surface area contributed by atoms with E-state index in [0.717, 1.165) is 12.1 Å². The Morgan fingerprint density at radius 3 is 2.30 bits per heavy atom. The maximum absolute atomic E-state index is 12.5. The van der Waals surface area contributed by atoms with Crippen LogP contribution in [0.25, 0.3) is 22.8 Å². The molecule has 8 heteroatoms. The summed E-state index contributed by atoms with van der Waals surface area (Å²) in [6.07, 6.45) is -2.85. The van der Waals surface area contributed by atoms with Crippen LogP contribution in [-0.2, 0) is 13.2 Å². The Bertz CT molecular complexity index is 895. The van der Waals surface area contributed by atoms with Gasteiger partial charge in [-0.1, -0.05) is 5.16 Å². The molecule has 0 fully saturated rings. The molecule has 0 N–H and O–H groups in total. The number of hydrogen-bond donors (Lipinski definition) is 0. The molecule has 5 nitrogen and oxygen atoms in total. The molecule has 0 atom stereocenters. The molecule has 0 saturated heterocycles. The van der Waals surface area contributed by atoms with E-state index in [9.17, 15) is 18.0 Å². The van der Waals surface area contributed by atoms with Gasteiger partial charge in [0, 0.05) is 30.4 Å². The number of halogens is 3. The molecule has 2 aromatic heterocycles. The van der Waals surface area contributed by atoms with Gasteiger partial charge in [-0.15, -0.1) is 0 Å². The molecule has 0 amide bonds. The minimum Gasteiger partial charge on any atom is -0.334 e. The van der Waals surface area contributed by atoms with Crippen molar-refractivity contribution < 1.29 is 17.7 Å². The van der Waals surface area contributed by atoms with Gasteiger partial charge in [-0.3, -0.25) is 4.79 Å². The number of alkyl halides is 3. The van der Waals surface area contributed by atoms with Crippen LogP contribution >= 0.6 is 0 Å². The van der Waals surface area contributed by atoms with Gasteiger partial charge in [0.05, 0.1) is 5.56 Å². The molecule has 0 aliphatic carbocycles. The van der Waals surface area contributed by atoms with Gasteiger partial charge in [-0.05, 0) is 30.3 Å². The van der Waals surface area contributed by atoms with Crippen LogP contribution in [0, 0.1) is 0 Å². The summed E-state index contributed by atoms with van der Waals surface area (Å²) in [5.74, 6) is 0.345. The minimum atomic E-state index is -4.40. The number of benzene rings is 1. The second-order valence-corrected chi connectivity index (χ2v) is 4.87. The molecule has 3 rings (SSSR count). The number of aryl methyl sites for hydroxylation is 1. The molecule has 0 saturated carbocycles. The van der Waals surface area contributed by atoms with Crippen LogP contribution in [0.4, 0.5) is 13.2 Å². The van der Waals surface area contributed by atoms with Gasteiger partial charge in [-0.2, -0.15) is 18.2 Å². The van der Waals surface area contributed by atoms with Crippen molar-refractivity contribution in [1.82, 2.24) is 14.7 Å². The fourth-order valence-electron chi connectivity index (χ4n) is 1.99. The lowest BCUT2D eigenvalue weighted by Crippen LogP contribution is -2.14.